The number of hydrogen-bond acceptors (Lipinski definition) is 7. The molecule has 0 bridgehead atoms. The van der Waals surface area contributed by atoms with E-state index in [1.165, 1.54) is 281 Å². The van der Waals surface area contributed by atoms with Gasteiger partial charge in [0.1, 0.15) is 18.8 Å². The molecule has 0 aliphatic rings. The average molecular weight is 1080 g/mol. The first-order valence-corrected chi connectivity index (χ1v) is 34.4. The van der Waals surface area contributed by atoms with Gasteiger partial charge in [0.25, 0.3) is 0 Å². The van der Waals surface area contributed by atoms with Gasteiger partial charge in [0, 0.05) is 30.8 Å². The Kier molecular flexibility index (Phi) is 60.0. The van der Waals surface area contributed by atoms with Gasteiger partial charge in [0.15, 0.2) is 0 Å². The smallest absolute Gasteiger partial charge is 0.327 e. The van der Waals surface area contributed by atoms with E-state index in [0.29, 0.717) is 19.3 Å². The standard InChI is InChI=1S/C66H127NO7S/c1-4-7-10-13-16-19-22-25-27-29-31-33-35-38-41-44-47-50-53-56-64(69)73-58-61(74-65(70)57-54-51-48-45-42-39-36-34-32-30-28-26-23-20-17-14-11-8-5-2)59-75-60-62(66(71)72)67-63(68)55-52-49-46-43-40-37-24-21-18-15-12-9-6-3/h61-62H,4-60H2,1-3H3,(H,67,68)(H,71,72)/t61-,62-/m1/s1. The Bertz CT molecular complexity index is 1220. The molecule has 9 heteroatoms. The van der Waals surface area contributed by atoms with Gasteiger partial charge >= 0.3 is 17.9 Å². The Morgan fingerprint density at radius 1 is 0.347 bits per heavy atom. The number of carbonyl (C=O) groups is 4. The minimum Gasteiger partial charge on any atom is -0.480 e. The van der Waals surface area contributed by atoms with Crippen LogP contribution in [0.2, 0.25) is 0 Å². The molecule has 8 nitrogen and oxygen atoms in total. The lowest BCUT2D eigenvalue weighted by Crippen LogP contribution is -2.42. The summed E-state index contributed by atoms with van der Waals surface area (Å²) >= 11 is 1.31. The van der Waals surface area contributed by atoms with E-state index < -0.39 is 18.1 Å². The number of carboxylic acid groups (broad SMARTS) is 1. The zero-order chi connectivity index (χ0) is 54.6. The van der Waals surface area contributed by atoms with Crippen LogP contribution in [0.5, 0.6) is 0 Å². The van der Waals surface area contributed by atoms with Crippen LogP contribution in [0.3, 0.4) is 0 Å². The van der Waals surface area contributed by atoms with Crippen molar-refractivity contribution < 1.29 is 33.8 Å². The van der Waals surface area contributed by atoms with Crippen molar-refractivity contribution in [2.24, 2.45) is 0 Å². The molecule has 1 amide bonds. The van der Waals surface area contributed by atoms with Gasteiger partial charge in [0.05, 0.1) is 0 Å². The number of carbonyl (C=O) groups excluding carboxylic acids is 3. The lowest BCUT2D eigenvalue weighted by molar-refractivity contribution is -0.157. The van der Waals surface area contributed by atoms with Crippen molar-refractivity contribution in [1.82, 2.24) is 5.32 Å². The average Bonchev–Trinajstić information content (AvgIpc) is 3.40. The molecule has 0 fully saturated rings. The predicted octanol–water partition coefficient (Wildman–Crippen LogP) is 20.9. The van der Waals surface area contributed by atoms with Crippen LogP contribution in [0.15, 0.2) is 0 Å². The topological polar surface area (TPSA) is 119 Å². The Balaban J connectivity index is 4.52. The number of unbranched alkanes of at least 4 members (excludes halogenated alkanes) is 48. The highest BCUT2D eigenvalue weighted by molar-refractivity contribution is 7.99. The van der Waals surface area contributed by atoms with Crippen LogP contribution in [-0.2, 0) is 28.7 Å². The summed E-state index contributed by atoms with van der Waals surface area (Å²) in [7, 11) is 0. The summed E-state index contributed by atoms with van der Waals surface area (Å²) in [5.74, 6) is -1.47. The number of carboxylic acids is 1. The van der Waals surface area contributed by atoms with Crippen LogP contribution in [0.1, 0.15) is 367 Å². The van der Waals surface area contributed by atoms with E-state index >= 15 is 0 Å². The van der Waals surface area contributed by atoms with Crippen LogP contribution in [0, 0.1) is 0 Å². The molecule has 0 unspecified atom stereocenters. The van der Waals surface area contributed by atoms with E-state index in [2.05, 4.69) is 26.1 Å². The third kappa shape index (κ3) is 58.2. The van der Waals surface area contributed by atoms with Crippen LogP contribution in [0.25, 0.3) is 0 Å². The number of esters is 2. The molecule has 0 spiro atoms. The van der Waals surface area contributed by atoms with E-state index in [1.54, 1.807) is 0 Å². The fourth-order valence-electron chi connectivity index (χ4n) is 10.4. The molecule has 444 valence electrons. The molecule has 0 aromatic rings. The molecule has 0 aliphatic carbocycles. The van der Waals surface area contributed by atoms with Gasteiger partial charge in [-0.1, -0.05) is 329 Å². The number of ether oxygens (including phenoxy) is 2. The van der Waals surface area contributed by atoms with Crippen LogP contribution in [-0.4, -0.2) is 59.2 Å². The van der Waals surface area contributed by atoms with Crippen LogP contribution >= 0.6 is 11.8 Å². The number of rotatable bonds is 63. The summed E-state index contributed by atoms with van der Waals surface area (Å²) < 4.78 is 11.5. The molecule has 0 heterocycles. The normalized spacial score (nSPS) is 12.3. The second-order valence-corrected chi connectivity index (χ2v) is 24.1. The number of hydrogen-bond donors (Lipinski definition) is 2. The molecule has 0 rings (SSSR count). The molecule has 2 atom stereocenters. The van der Waals surface area contributed by atoms with E-state index in [9.17, 15) is 24.3 Å². The van der Waals surface area contributed by atoms with Gasteiger partial charge in [0.2, 0.25) is 5.91 Å². The molecular weight excluding hydrogens is 951 g/mol. The highest BCUT2D eigenvalue weighted by atomic mass is 32.2. The summed E-state index contributed by atoms with van der Waals surface area (Å²) in [4.78, 5) is 50.8. The Hall–Kier alpha value is -1.77. The molecule has 0 saturated carbocycles. The SMILES string of the molecule is CCCCCCCCCCCCCCCCCCCCCC(=O)OC[C@H](CSC[C@@H](NC(=O)CCCCCCCCCCCCCCC)C(=O)O)OC(=O)CCCCCCCCCCCCCCCCCCCCC. The molecule has 0 saturated heterocycles. The Labute approximate surface area is 470 Å². The summed E-state index contributed by atoms with van der Waals surface area (Å²) in [5.41, 5.74) is 0. The van der Waals surface area contributed by atoms with Crippen molar-refractivity contribution in [1.29, 1.82) is 0 Å². The first-order chi connectivity index (χ1) is 36.8. The van der Waals surface area contributed by atoms with Gasteiger partial charge in [-0.3, -0.25) is 14.4 Å². The quantitative estimate of drug-likeness (QED) is 0.0457. The third-order valence-electron chi connectivity index (χ3n) is 15.4. The van der Waals surface area contributed by atoms with Crippen LogP contribution < -0.4 is 5.32 Å². The summed E-state index contributed by atoms with van der Waals surface area (Å²) in [5, 5.41) is 12.7. The molecule has 0 radical (unpaired) electrons. The monoisotopic (exact) mass is 1080 g/mol. The fraction of sp³-hybridized carbons (Fsp3) is 0.939. The summed E-state index contributed by atoms with van der Waals surface area (Å²) in [6, 6.07) is -1.04. The second kappa shape index (κ2) is 61.4. The largest absolute Gasteiger partial charge is 0.480 e. The van der Waals surface area contributed by atoms with Crippen molar-refractivity contribution >= 4 is 35.6 Å². The van der Waals surface area contributed by atoms with Gasteiger partial charge in [-0.2, -0.15) is 11.8 Å². The van der Waals surface area contributed by atoms with Crippen molar-refractivity contribution in [2.75, 3.05) is 18.1 Å². The highest BCUT2D eigenvalue weighted by Gasteiger charge is 2.23. The van der Waals surface area contributed by atoms with E-state index in [0.717, 1.165) is 57.8 Å². The fourth-order valence-corrected chi connectivity index (χ4v) is 11.4. The van der Waals surface area contributed by atoms with Gasteiger partial charge < -0.3 is 19.9 Å². The number of nitrogens with one attached hydrogen (secondary N) is 1. The predicted molar refractivity (Wildman–Crippen MR) is 324 cm³/mol. The second-order valence-electron chi connectivity index (χ2n) is 23.0. The molecule has 0 aromatic carbocycles. The van der Waals surface area contributed by atoms with E-state index in [4.69, 9.17) is 9.47 Å². The zero-order valence-corrected chi connectivity index (χ0v) is 51.1. The van der Waals surface area contributed by atoms with Crippen molar-refractivity contribution in [2.45, 2.75) is 380 Å². The molecular formula is C66H127NO7S. The lowest BCUT2D eigenvalue weighted by Gasteiger charge is -2.19. The molecule has 75 heavy (non-hydrogen) atoms. The number of aliphatic carboxylic acids is 1. The van der Waals surface area contributed by atoms with Gasteiger partial charge in [-0.15, -0.1) is 0 Å². The summed E-state index contributed by atoms with van der Waals surface area (Å²) in [6.45, 7) is 6.78. The van der Waals surface area contributed by atoms with Crippen molar-refractivity contribution in [3.63, 3.8) is 0 Å². The third-order valence-corrected chi connectivity index (χ3v) is 16.6. The van der Waals surface area contributed by atoms with Crippen molar-refractivity contribution in [3.05, 3.63) is 0 Å². The molecule has 0 aliphatic heterocycles. The van der Waals surface area contributed by atoms with Crippen LogP contribution in [0.4, 0.5) is 0 Å². The number of thioether (sulfide) groups is 1. The maximum Gasteiger partial charge on any atom is 0.327 e. The molecule has 2 N–H and O–H groups in total. The van der Waals surface area contributed by atoms with E-state index in [1.807, 2.05) is 0 Å². The minimum atomic E-state index is -1.08. The minimum absolute atomic E-state index is 0.0426. The van der Waals surface area contributed by atoms with E-state index in [-0.39, 0.29) is 36.0 Å². The lowest BCUT2D eigenvalue weighted by atomic mass is 10.0. The highest BCUT2D eigenvalue weighted by Crippen LogP contribution is 2.19. The van der Waals surface area contributed by atoms with Gasteiger partial charge in [-0.25, -0.2) is 4.79 Å². The Morgan fingerprint density at radius 3 is 0.880 bits per heavy atom. The number of amides is 1. The van der Waals surface area contributed by atoms with Crippen molar-refractivity contribution in [3.8, 4) is 0 Å². The Morgan fingerprint density at radius 2 is 0.600 bits per heavy atom. The zero-order valence-electron chi connectivity index (χ0n) is 50.3. The maximum atomic E-state index is 13.0. The molecule has 0 aromatic heterocycles. The maximum absolute atomic E-state index is 13.0. The summed E-state index contributed by atoms with van der Waals surface area (Å²) in [6.07, 6.45) is 65.7. The first kappa shape index (κ1) is 73.2. The first-order valence-electron chi connectivity index (χ1n) is 33.3. The van der Waals surface area contributed by atoms with Gasteiger partial charge in [-0.05, 0) is 19.3 Å².